The summed E-state index contributed by atoms with van der Waals surface area (Å²) in [7, 11) is 0. The number of fused-ring (bicyclic) bond motifs is 1. The molecule has 2 saturated heterocycles. The lowest BCUT2D eigenvalue weighted by atomic mass is 9.63. The molecule has 1 amide bonds. The van der Waals surface area contributed by atoms with Crippen molar-refractivity contribution in [1.82, 2.24) is 14.8 Å². The van der Waals surface area contributed by atoms with Gasteiger partial charge in [0.1, 0.15) is 11.3 Å². The van der Waals surface area contributed by atoms with Gasteiger partial charge in [-0.3, -0.25) is 14.5 Å². The highest BCUT2D eigenvalue weighted by molar-refractivity contribution is 6.02. The topological polar surface area (TPSA) is 74.6 Å². The van der Waals surface area contributed by atoms with Crippen LogP contribution < -0.4 is 10.9 Å². The van der Waals surface area contributed by atoms with Crippen molar-refractivity contribution in [3.8, 4) is 5.75 Å². The van der Waals surface area contributed by atoms with Crippen molar-refractivity contribution >= 4 is 29.2 Å². The van der Waals surface area contributed by atoms with Crippen LogP contribution in [-0.2, 0) is 6.54 Å². The molecule has 0 unspecified atom stereocenters. The van der Waals surface area contributed by atoms with Gasteiger partial charge < -0.3 is 15.0 Å². The third-order valence-corrected chi connectivity index (χ3v) is 7.83. The van der Waals surface area contributed by atoms with Crippen LogP contribution in [0.1, 0.15) is 62.7 Å². The van der Waals surface area contributed by atoms with Gasteiger partial charge in [-0.25, -0.2) is 0 Å². The highest BCUT2D eigenvalue weighted by atomic mass is 35.5. The summed E-state index contributed by atoms with van der Waals surface area (Å²) >= 11 is 0. The predicted octanol–water partition coefficient (Wildman–Crippen LogP) is 4.17. The van der Waals surface area contributed by atoms with Crippen molar-refractivity contribution in [1.29, 1.82) is 0 Å². The Balaban J connectivity index is 0.00000259. The van der Waals surface area contributed by atoms with E-state index >= 15 is 0 Å². The molecule has 3 heterocycles. The molecule has 2 aromatic rings. The van der Waals surface area contributed by atoms with Gasteiger partial charge in [0.05, 0.1) is 5.52 Å². The second-order valence-electron chi connectivity index (χ2n) is 10.6. The molecule has 33 heavy (non-hydrogen) atoms. The first kappa shape index (κ1) is 24.1. The minimum atomic E-state index is -0.476. The van der Waals surface area contributed by atoms with Crippen molar-refractivity contribution in [2.24, 2.45) is 17.8 Å². The number of piperidine rings is 2. The summed E-state index contributed by atoms with van der Waals surface area (Å²) in [5.74, 6) is 1.44. The van der Waals surface area contributed by atoms with Crippen molar-refractivity contribution in [3.05, 3.63) is 40.2 Å². The normalized spacial score (nSPS) is 26.0. The minimum absolute atomic E-state index is 0. The van der Waals surface area contributed by atoms with Crippen LogP contribution in [0, 0.1) is 17.8 Å². The Morgan fingerprint density at radius 3 is 2.36 bits per heavy atom. The van der Waals surface area contributed by atoms with Gasteiger partial charge in [-0.1, -0.05) is 26.0 Å². The highest BCUT2D eigenvalue weighted by Crippen LogP contribution is 2.49. The zero-order chi connectivity index (χ0) is 22.4. The molecule has 2 aliphatic heterocycles. The third kappa shape index (κ3) is 4.52. The van der Waals surface area contributed by atoms with Crippen LogP contribution in [0.15, 0.2) is 29.1 Å². The molecule has 6 rings (SSSR count). The summed E-state index contributed by atoms with van der Waals surface area (Å²) in [6.07, 6.45) is 7.70. The van der Waals surface area contributed by atoms with E-state index in [-0.39, 0.29) is 29.6 Å². The minimum Gasteiger partial charge on any atom is -0.506 e. The Bertz CT molecular complexity index is 1050. The van der Waals surface area contributed by atoms with Gasteiger partial charge in [0.25, 0.3) is 11.5 Å². The number of para-hydroxylation sites is 1. The summed E-state index contributed by atoms with van der Waals surface area (Å²) in [4.78, 5) is 28.8. The first-order valence-corrected chi connectivity index (χ1v) is 12.3. The molecule has 2 aliphatic carbocycles. The number of rotatable bonds is 7. The van der Waals surface area contributed by atoms with E-state index in [1.54, 1.807) is 10.6 Å². The van der Waals surface area contributed by atoms with E-state index in [0.717, 1.165) is 36.9 Å². The van der Waals surface area contributed by atoms with Gasteiger partial charge in [0.2, 0.25) is 0 Å². The smallest absolute Gasteiger partial charge is 0.267 e. The number of pyridine rings is 1. The molecule has 0 atom stereocenters. The Labute approximate surface area is 201 Å². The molecule has 0 radical (unpaired) electrons. The van der Waals surface area contributed by atoms with Crippen molar-refractivity contribution in [2.45, 2.75) is 71.0 Å². The maximum Gasteiger partial charge on any atom is 0.267 e. The lowest BCUT2D eigenvalue weighted by Gasteiger charge is -2.56. The molecule has 7 heteroatoms. The molecule has 1 aromatic heterocycles. The van der Waals surface area contributed by atoms with E-state index in [4.69, 9.17) is 0 Å². The number of aromatic hydroxyl groups is 1. The van der Waals surface area contributed by atoms with Crippen molar-refractivity contribution in [3.63, 3.8) is 0 Å². The van der Waals surface area contributed by atoms with Crippen molar-refractivity contribution in [2.75, 3.05) is 13.1 Å². The van der Waals surface area contributed by atoms with Crippen LogP contribution in [0.5, 0.6) is 5.75 Å². The molecule has 180 valence electrons. The second kappa shape index (κ2) is 9.67. The summed E-state index contributed by atoms with van der Waals surface area (Å²) in [6.45, 7) is 6.08. The molecule has 4 bridgehead atoms. The van der Waals surface area contributed by atoms with Crippen LogP contribution in [-0.4, -0.2) is 45.7 Å². The number of carbonyl (C=O) groups is 1. The quantitative estimate of drug-likeness (QED) is 0.592. The number of nitrogens with zero attached hydrogens (tertiary/aromatic N) is 2. The van der Waals surface area contributed by atoms with E-state index in [9.17, 15) is 14.7 Å². The first-order valence-electron chi connectivity index (χ1n) is 12.3. The Morgan fingerprint density at radius 2 is 1.73 bits per heavy atom. The van der Waals surface area contributed by atoms with Crippen molar-refractivity contribution < 1.29 is 9.90 Å². The average molecular weight is 474 g/mol. The molecule has 1 aromatic carbocycles. The summed E-state index contributed by atoms with van der Waals surface area (Å²) in [5.41, 5.74) is 0.103. The predicted molar refractivity (Wildman–Crippen MR) is 133 cm³/mol. The van der Waals surface area contributed by atoms with Crippen LogP contribution in [0.3, 0.4) is 0 Å². The number of amides is 1. The van der Waals surface area contributed by atoms with Gasteiger partial charge in [-0.15, -0.1) is 12.4 Å². The van der Waals surface area contributed by atoms with Gasteiger partial charge in [0.15, 0.2) is 0 Å². The third-order valence-electron chi connectivity index (χ3n) is 7.83. The molecule has 2 saturated carbocycles. The summed E-state index contributed by atoms with van der Waals surface area (Å²) in [6, 6.07) is 8.70. The lowest BCUT2D eigenvalue weighted by Crippen LogP contribution is -2.58. The fourth-order valence-electron chi connectivity index (χ4n) is 6.68. The molecular formula is C26H36ClN3O3. The van der Waals surface area contributed by atoms with Gasteiger partial charge >= 0.3 is 0 Å². The second-order valence-corrected chi connectivity index (χ2v) is 10.6. The summed E-state index contributed by atoms with van der Waals surface area (Å²) in [5, 5.41) is 14.2. The number of hydrogen-bond acceptors (Lipinski definition) is 4. The van der Waals surface area contributed by atoms with E-state index in [0.29, 0.717) is 24.0 Å². The number of halogens is 1. The highest BCUT2D eigenvalue weighted by Gasteiger charge is 2.46. The SMILES string of the molecule is CC(C)Cn1c(=O)c(C(=O)NCCCN2C3CC4CC(C3)CC2C4)c(O)c2ccccc21.Cl. The molecule has 2 N–H and O–H groups in total. The number of hydrogen-bond donors (Lipinski definition) is 2. The first-order chi connectivity index (χ1) is 15.4. The maximum atomic E-state index is 13.2. The molecule has 6 nitrogen and oxygen atoms in total. The molecular weight excluding hydrogens is 438 g/mol. The van der Waals surface area contributed by atoms with Crippen LogP contribution in [0.2, 0.25) is 0 Å². The van der Waals surface area contributed by atoms with E-state index < -0.39 is 11.5 Å². The Hall–Kier alpha value is -2.05. The molecule has 0 spiro atoms. The van der Waals surface area contributed by atoms with Gasteiger partial charge in [0, 0.05) is 37.1 Å². The number of aromatic nitrogens is 1. The van der Waals surface area contributed by atoms with Gasteiger partial charge in [-0.2, -0.15) is 0 Å². The average Bonchev–Trinajstić information content (AvgIpc) is 2.75. The standard InChI is InChI=1S/C26H35N3O3.ClH/c1-16(2)15-29-22-7-4-3-6-21(22)24(30)23(26(29)32)25(31)27-8-5-9-28-19-11-17-10-18(13-19)14-20(28)12-17;/h3-4,6-7,16-20,30H,5,8-15H2,1-2H3,(H,27,31);1H. The van der Waals surface area contributed by atoms with E-state index in [1.807, 2.05) is 32.0 Å². The largest absolute Gasteiger partial charge is 0.506 e. The zero-order valence-corrected chi connectivity index (χ0v) is 20.4. The van der Waals surface area contributed by atoms with Crippen LogP contribution in [0.25, 0.3) is 10.9 Å². The fourth-order valence-corrected chi connectivity index (χ4v) is 6.68. The molecule has 4 aliphatic rings. The van der Waals surface area contributed by atoms with Crippen LogP contribution in [0.4, 0.5) is 0 Å². The Morgan fingerprint density at radius 1 is 1.09 bits per heavy atom. The number of benzene rings is 1. The van der Waals surface area contributed by atoms with E-state index in [2.05, 4.69) is 10.2 Å². The van der Waals surface area contributed by atoms with Gasteiger partial charge in [-0.05, 0) is 68.4 Å². The monoisotopic (exact) mass is 473 g/mol. The van der Waals surface area contributed by atoms with Crippen LogP contribution >= 0.6 is 12.4 Å². The molecule has 4 fully saturated rings. The maximum absolute atomic E-state index is 13.2. The lowest BCUT2D eigenvalue weighted by molar-refractivity contribution is -0.0587. The number of carbonyl (C=O) groups excluding carboxylic acids is 1. The van der Waals surface area contributed by atoms with E-state index in [1.165, 1.54) is 32.1 Å². The zero-order valence-electron chi connectivity index (χ0n) is 19.6. The summed E-state index contributed by atoms with van der Waals surface area (Å²) < 4.78 is 1.62. The fraction of sp³-hybridized carbons (Fsp3) is 0.615. The Kier molecular flexibility index (Phi) is 7.06. The number of nitrogens with one attached hydrogen (secondary N) is 1.